The van der Waals surface area contributed by atoms with Crippen LogP contribution in [-0.4, -0.2) is 46.9 Å². The third kappa shape index (κ3) is 3.66. The van der Waals surface area contributed by atoms with Crippen LogP contribution in [-0.2, 0) is 4.79 Å². The van der Waals surface area contributed by atoms with E-state index in [1.165, 1.54) is 6.20 Å². The molecule has 7 nitrogen and oxygen atoms in total. The maximum absolute atomic E-state index is 11.9. The fourth-order valence-corrected chi connectivity index (χ4v) is 3.68. The maximum Gasteiger partial charge on any atom is 0.287 e. The van der Waals surface area contributed by atoms with Gasteiger partial charge < -0.3 is 9.80 Å². The molecule has 0 saturated carbocycles. The summed E-state index contributed by atoms with van der Waals surface area (Å²) < 4.78 is 0. The number of nitro groups is 1. The van der Waals surface area contributed by atoms with Crippen LogP contribution in [0.15, 0.2) is 12.3 Å². The highest BCUT2D eigenvalue weighted by Gasteiger charge is 2.26. The molecule has 0 aromatic carbocycles. The highest BCUT2D eigenvalue weighted by molar-refractivity contribution is 5.76. The van der Waals surface area contributed by atoms with Crippen molar-refractivity contribution in [2.24, 2.45) is 5.92 Å². The van der Waals surface area contributed by atoms with Crippen molar-refractivity contribution in [3.05, 3.63) is 27.9 Å². The molecule has 1 amide bonds. The summed E-state index contributed by atoms with van der Waals surface area (Å²) in [6.45, 7) is 5.42. The Labute approximate surface area is 141 Å². The molecule has 130 valence electrons. The van der Waals surface area contributed by atoms with Crippen molar-refractivity contribution in [1.82, 2.24) is 9.88 Å². The van der Waals surface area contributed by atoms with E-state index in [-0.39, 0.29) is 5.69 Å². The number of likely N-dealkylation sites (tertiary alicyclic amines) is 1. The molecular formula is C17H24N4O3. The minimum absolute atomic E-state index is 0.0368. The van der Waals surface area contributed by atoms with E-state index in [2.05, 4.69) is 9.88 Å². The maximum atomic E-state index is 11.9. The minimum atomic E-state index is -0.411. The predicted octanol–water partition coefficient (Wildman–Crippen LogP) is 2.53. The highest BCUT2D eigenvalue weighted by atomic mass is 16.6. The Balaban J connectivity index is 1.57. The average molecular weight is 332 g/mol. The van der Waals surface area contributed by atoms with Crippen LogP contribution < -0.4 is 4.90 Å². The first-order chi connectivity index (χ1) is 11.5. The normalized spacial score (nSPS) is 19.6. The van der Waals surface area contributed by atoms with Crippen LogP contribution in [0.4, 0.5) is 11.5 Å². The Hall–Kier alpha value is -2.18. The van der Waals surface area contributed by atoms with Gasteiger partial charge in [0.25, 0.3) is 5.69 Å². The van der Waals surface area contributed by atoms with Crippen LogP contribution in [0.5, 0.6) is 0 Å². The monoisotopic (exact) mass is 332 g/mol. The zero-order valence-electron chi connectivity index (χ0n) is 14.1. The zero-order chi connectivity index (χ0) is 17.1. The molecule has 0 spiro atoms. The second-order valence-corrected chi connectivity index (χ2v) is 6.82. The number of hydrogen-bond acceptors (Lipinski definition) is 5. The number of rotatable bonds is 4. The molecular weight excluding hydrogens is 308 g/mol. The molecule has 2 aliphatic rings. The summed E-state index contributed by atoms with van der Waals surface area (Å²) in [5.74, 6) is 1.69. The summed E-state index contributed by atoms with van der Waals surface area (Å²) in [6.07, 6.45) is 6.24. The molecule has 3 heterocycles. The summed E-state index contributed by atoms with van der Waals surface area (Å²) in [5.41, 5.74) is 0.878. The van der Waals surface area contributed by atoms with Gasteiger partial charge in [0.15, 0.2) is 0 Å². The number of pyridine rings is 1. The lowest BCUT2D eigenvalue weighted by Gasteiger charge is -2.37. The van der Waals surface area contributed by atoms with Gasteiger partial charge in [-0.15, -0.1) is 0 Å². The molecule has 0 bridgehead atoms. The number of anilines is 1. The van der Waals surface area contributed by atoms with Crippen LogP contribution in [0.25, 0.3) is 0 Å². The quantitative estimate of drug-likeness (QED) is 0.625. The van der Waals surface area contributed by atoms with Crippen molar-refractivity contribution in [2.45, 2.75) is 39.0 Å². The van der Waals surface area contributed by atoms with E-state index in [1.807, 2.05) is 11.8 Å². The predicted molar refractivity (Wildman–Crippen MR) is 91.0 cm³/mol. The second kappa shape index (κ2) is 7.15. The summed E-state index contributed by atoms with van der Waals surface area (Å²) in [5, 5.41) is 10.8. The van der Waals surface area contributed by atoms with Gasteiger partial charge in [-0.05, 0) is 44.1 Å². The molecule has 2 aliphatic heterocycles. The Kier molecular flexibility index (Phi) is 4.97. The van der Waals surface area contributed by atoms with Gasteiger partial charge in [-0.3, -0.25) is 14.9 Å². The summed E-state index contributed by atoms with van der Waals surface area (Å²) in [7, 11) is 0. The van der Waals surface area contributed by atoms with E-state index in [4.69, 9.17) is 0 Å². The van der Waals surface area contributed by atoms with Crippen molar-refractivity contribution >= 4 is 17.4 Å². The van der Waals surface area contributed by atoms with E-state index < -0.39 is 4.92 Å². The Morgan fingerprint density at radius 3 is 2.67 bits per heavy atom. The van der Waals surface area contributed by atoms with Gasteiger partial charge in [-0.2, -0.15) is 0 Å². The number of carbonyl (C=O) groups excluding carboxylic acids is 1. The first-order valence-corrected chi connectivity index (χ1v) is 8.68. The summed E-state index contributed by atoms with van der Waals surface area (Å²) in [6, 6.07) is 1.58. The Morgan fingerprint density at radius 1 is 1.29 bits per heavy atom. The van der Waals surface area contributed by atoms with Crippen LogP contribution in [0.3, 0.4) is 0 Å². The number of nitrogens with zero attached hydrogens (tertiary/aromatic N) is 4. The van der Waals surface area contributed by atoms with Gasteiger partial charge in [0.05, 0.1) is 4.92 Å². The van der Waals surface area contributed by atoms with Gasteiger partial charge in [0.1, 0.15) is 12.0 Å². The van der Waals surface area contributed by atoms with Crippen molar-refractivity contribution in [2.75, 3.05) is 31.1 Å². The van der Waals surface area contributed by atoms with Crippen LogP contribution in [0, 0.1) is 23.0 Å². The molecule has 3 rings (SSSR count). The van der Waals surface area contributed by atoms with Gasteiger partial charge in [-0.1, -0.05) is 0 Å². The SMILES string of the molecule is Cc1cc([N+](=O)[O-])cnc1N1CCC(CN2CCCCC2=O)CC1. The molecule has 24 heavy (non-hydrogen) atoms. The fraction of sp³-hybridized carbons (Fsp3) is 0.647. The van der Waals surface area contributed by atoms with E-state index in [9.17, 15) is 14.9 Å². The smallest absolute Gasteiger partial charge is 0.287 e. The first-order valence-electron chi connectivity index (χ1n) is 8.68. The standard InChI is InChI=1S/C17H24N4O3/c1-13-10-15(21(23)24)11-18-17(13)19-8-5-14(6-9-19)12-20-7-3-2-4-16(20)22/h10-11,14H,2-9,12H2,1H3. The van der Waals surface area contributed by atoms with E-state index >= 15 is 0 Å². The molecule has 0 unspecified atom stereocenters. The average Bonchev–Trinajstić information content (AvgIpc) is 2.58. The van der Waals surface area contributed by atoms with Crippen LogP contribution in [0.1, 0.15) is 37.7 Å². The molecule has 0 aliphatic carbocycles. The third-order valence-corrected chi connectivity index (χ3v) is 5.06. The molecule has 1 aromatic heterocycles. The molecule has 1 aromatic rings. The molecule has 2 saturated heterocycles. The van der Waals surface area contributed by atoms with Crippen molar-refractivity contribution < 1.29 is 9.72 Å². The molecule has 0 radical (unpaired) electrons. The first kappa shape index (κ1) is 16.7. The lowest BCUT2D eigenvalue weighted by molar-refractivity contribution is -0.385. The highest BCUT2D eigenvalue weighted by Crippen LogP contribution is 2.27. The number of aromatic nitrogens is 1. The van der Waals surface area contributed by atoms with E-state index in [1.54, 1.807) is 6.07 Å². The van der Waals surface area contributed by atoms with Gasteiger partial charge >= 0.3 is 0 Å². The Bertz CT molecular complexity index is 626. The fourth-order valence-electron chi connectivity index (χ4n) is 3.68. The van der Waals surface area contributed by atoms with Crippen LogP contribution in [0.2, 0.25) is 0 Å². The number of carbonyl (C=O) groups is 1. The number of hydrogen-bond donors (Lipinski definition) is 0. The minimum Gasteiger partial charge on any atom is -0.356 e. The number of piperidine rings is 2. The number of aryl methyl sites for hydroxylation is 1. The lowest BCUT2D eigenvalue weighted by Crippen LogP contribution is -2.43. The largest absolute Gasteiger partial charge is 0.356 e. The molecule has 2 fully saturated rings. The van der Waals surface area contributed by atoms with Gasteiger partial charge in [0, 0.05) is 38.7 Å². The number of amides is 1. The van der Waals surface area contributed by atoms with Crippen LogP contribution >= 0.6 is 0 Å². The van der Waals surface area contributed by atoms with E-state index in [0.717, 1.165) is 63.2 Å². The molecule has 7 heteroatoms. The van der Waals surface area contributed by atoms with Crippen molar-refractivity contribution in [1.29, 1.82) is 0 Å². The zero-order valence-corrected chi connectivity index (χ0v) is 14.1. The summed E-state index contributed by atoms with van der Waals surface area (Å²) in [4.78, 5) is 30.9. The molecule has 0 N–H and O–H groups in total. The lowest BCUT2D eigenvalue weighted by atomic mass is 9.95. The summed E-state index contributed by atoms with van der Waals surface area (Å²) >= 11 is 0. The topological polar surface area (TPSA) is 79.6 Å². The van der Waals surface area contributed by atoms with Crippen molar-refractivity contribution in [3.63, 3.8) is 0 Å². The van der Waals surface area contributed by atoms with E-state index in [0.29, 0.717) is 18.2 Å². The Morgan fingerprint density at radius 2 is 2.04 bits per heavy atom. The molecule has 0 atom stereocenters. The van der Waals surface area contributed by atoms with Gasteiger partial charge in [-0.25, -0.2) is 4.98 Å². The van der Waals surface area contributed by atoms with Gasteiger partial charge in [0.2, 0.25) is 5.91 Å². The second-order valence-electron chi connectivity index (χ2n) is 6.82. The third-order valence-electron chi connectivity index (χ3n) is 5.06. The van der Waals surface area contributed by atoms with Crippen molar-refractivity contribution in [3.8, 4) is 0 Å².